The van der Waals surface area contributed by atoms with Gasteiger partial charge in [-0.15, -0.1) is 23.2 Å². The fraction of sp³-hybridized carbons (Fsp3) is 0.833. The number of halogens is 2. The lowest BCUT2D eigenvalue weighted by Crippen LogP contribution is -2.36. The summed E-state index contributed by atoms with van der Waals surface area (Å²) >= 11 is 11.8. The molecule has 2 aliphatic rings. The highest BCUT2D eigenvalue weighted by Gasteiger charge is 2.67. The van der Waals surface area contributed by atoms with Crippen LogP contribution in [0.4, 0.5) is 0 Å². The van der Waals surface area contributed by atoms with Crippen molar-refractivity contribution >= 4 is 35.0 Å². The molecule has 1 aliphatic heterocycles. The molecule has 4 nitrogen and oxygen atoms in total. The van der Waals surface area contributed by atoms with Crippen LogP contribution in [0.25, 0.3) is 0 Å². The van der Waals surface area contributed by atoms with Crippen molar-refractivity contribution in [2.24, 2.45) is 5.41 Å². The first kappa shape index (κ1) is 13.9. The number of carbonyl (C=O) groups is 2. The lowest BCUT2D eigenvalue weighted by atomic mass is 10.1. The fourth-order valence-corrected chi connectivity index (χ4v) is 2.96. The summed E-state index contributed by atoms with van der Waals surface area (Å²) in [4.78, 5) is 25.4. The highest BCUT2D eigenvalue weighted by molar-refractivity contribution is 6.53. The van der Waals surface area contributed by atoms with Gasteiger partial charge in [-0.2, -0.15) is 0 Å². The Kier molecular flexibility index (Phi) is 3.79. The molecule has 1 saturated heterocycles. The van der Waals surface area contributed by atoms with E-state index in [1.807, 2.05) is 4.90 Å². The average molecular weight is 293 g/mol. The molecule has 1 aliphatic carbocycles. The van der Waals surface area contributed by atoms with E-state index in [-0.39, 0.29) is 11.8 Å². The van der Waals surface area contributed by atoms with Crippen LogP contribution >= 0.6 is 23.2 Å². The standard InChI is InChI=1S/C12H18Cl2N2O2/c1-11(8-12(11,13)14)10(18)15-5-4-9(17)16-6-2-3-7-16/h2-8H2,1H3,(H,15,18). The molecule has 1 atom stereocenters. The number of nitrogens with zero attached hydrogens (tertiary/aromatic N) is 1. The fourth-order valence-electron chi connectivity index (χ4n) is 2.25. The summed E-state index contributed by atoms with van der Waals surface area (Å²) in [5.74, 6) is -0.0570. The molecule has 1 saturated carbocycles. The summed E-state index contributed by atoms with van der Waals surface area (Å²) in [6.45, 7) is 3.78. The van der Waals surface area contributed by atoms with Gasteiger partial charge in [0.25, 0.3) is 0 Å². The molecule has 0 aromatic rings. The predicted octanol–water partition coefficient (Wildman–Crippen LogP) is 1.70. The second-order valence-electron chi connectivity index (χ2n) is 5.31. The van der Waals surface area contributed by atoms with E-state index in [9.17, 15) is 9.59 Å². The molecule has 2 amide bonds. The summed E-state index contributed by atoms with van der Waals surface area (Å²) < 4.78 is -0.948. The molecule has 1 unspecified atom stereocenters. The molecule has 2 rings (SSSR count). The van der Waals surface area contributed by atoms with Gasteiger partial charge in [-0.05, 0) is 26.2 Å². The zero-order chi connectivity index (χ0) is 13.4. The zero-order valence-corrected chi connectivity index (χ0v) is 12.0. The monoisotopic (exact) mass is 292 g/mol. The normalized spacial score (nSPS) is 29.2. The maximum absolute atomic E-state index is 11.8. The first-order valence-corrected chi connectivity index (χ1v) is 7.06. The summed E-state index contributed by atoms with van der Waals surface area (Å²) in [5.41, 5.74) is -0.702. The minimum atomic E-state index is -0.948. The van der Waals surface area contributed by atoms with E-state index in [4.69, 9.17) is 23.2 Å². The molecule has 2 fully saturated rings. The van der Waals surface area contributed by atoms with Crippen LogP contribution in [0, 0.1) is 5.41 Å². The third kappa shape index (κ3) is 2.59. The summed E-state index contributed by atoms with van der Waals surface area (Å²) in [6, 6.07) is 0. The van der Waals surface area contributed by atoms with E-state index in [0.717, 1.165) is 25.9 Å². The van der Waals surface area contributed by atoms with Gasteiger partial charge in [-0.3, -0.25) is 9.59 Å². The number of hydrogen-bond donors (Lipinski definition) is 1. The Morgan fingerprint density at radius 1 is 1.28 bits per heavy atom. The number of amides is 2. The van der Waals surface area contributed by atoms with Gasteiger partial charge in [0.05, 0.1) is 5.41 Å². The van der Waals surface area contributed by atoms with Gasteiger partial charge in [0.15, 0.2) is 0 Å². The maximum atomic E-state index is 11.8. The van der Waals surface area contributed by atoms with Crippen molar-refractivity contribution in [2.75, 3.05) is 19.6 Å². The van der Waals surface area contributed by atoms with Gasteiger partial charge in [-0.25, -0.2) is 0 Å². The Bertz CT molecular complexity index is 367. The Balaban J connectivity index is 1.70. The van der Waals surface area contributed by atoms with Gasteiger partial charge >= 0.3 is 0 Å². The van der Waals surface area contributed by atoms with Crippen molar-refractivity contribution in [1.29, 1.82) is 0 Å². The zero-order valence-electron chi connectivity index (χ0n) is 10.5. The number of nitrogens with one attached hydrogen (secondary N) is 1. The Hall–Kier alpha value is -0.480. The SMILES string of the molecule is CC1(C(=O)NCCC(=O)N2CCCC2)CC1(Cl)Cl. The maximum Gasteiger partial charge on any atom is 0.229 e. The van der Waals surface area contributed by atoms with Crippen molar-refractivity contribution < 1.29 is 9.59 Å². The van der Waals surface area contributed by atoms with Gasteiger partial charge in [0.2, 0.25) is 11.8 Å². The van der Waals surface area contributed by atoms with Gasteiger partial charge in [-0.1, -0.05) is 0 Å². The van der Waals surface area contributed by atoms with Crippen molar-refractivity contribution in [2.45, 2.75) is 36.9 Å². The van der Waals surface area contributed by atoms with Crippen LogP contribution in [-0.2, 0) is 9.59 Å². The van der Waals surface area contributed by atoms with E-state index >= 15 is 0 Å². The van der Waals surface area contributed by atoms with Crippen LogP contribution in [0.3, 0.4) is 0 Å². The van der Waals surface area contributed by atoms with Crippen LogP contribution in [-0.4, -0.2) is 40.7 Å². The number of likely N-dealkylation sites (tertiary alicyclic amines) is 1. The Labute approximate surface area is 117 Å². The number of hydrogen-bond acceptors (Lipinski definition) is 2. The van der Waals surface area contributed by atoms with Crippen molar-refractivity contribution in [3.05, 3.63) is 0 Å². The summed E-state index contributed by atoms with van der Waals surface area (Å²) in [5, 5.41) is 2.74. The molecule has 0 spiro atoms. The second kappa shape index (κ2) is 4.89. The van der Waals surface area contributed by atoms with Crippen LogP contribution < -0.4 is 5.32 Å². The molecule has 0 radical (unpaired) electrons. The van der Waals surface area contributed by atoms with Crippen molar-refractivity contribution in [1.82, 2.24) is 10.2 Å². The third-order valence-electron chi connectivity index (χ3n) is 3.84. The molecule has 0 aromatic heterocycles. The van der Waals surface area contributed by atoms with E-state index in [1.165, 1.54) is 0 Å². The molecule has 0 aromatic carbocycles. The van der Waals surface area contributed by atoms with E-state index in [2.05, 4.69) is 5.32 Å². The smallest absolute Gasteiger partial charge is 0.229 e. The summed E-state index contributed by atoms with van der Waals surface area (Å²) in [7, 11) is 0. The molecule has 1 N–H and O–H groups in total. The van der Waals surface area contributed by atoms with Crippen LogP contribution in [0.5, 0.6) is 0 Å². The van der Waals surface area contributed by atoms with Crippen molar-refractivity contribution in [3.63, 3.8) is 0 Å². The number of rotatable bonds is 4. The quantitative estimate of drug-likeness (QED) is 0.802. The van der Waals surface area contributed by atoms with Gasteiger partial charge in [0, 0.05) is 26.1 Å². The Morgan fingerprint density at radius 3 is 2.33 bits per heavy atom. The topological polar surface area (TPSA) is 49.4 Å². The highest BCUT2D eigenvalue weighted by Crippen LogP contribution is 2.63. The van der Waals surface area contributed by atoms with Gasteiger partial charge < -0.3 is 10.2 Å². The molecule has 6 heteroatoms. The first-order valence-electron chi connectivity index (χ1n) is 6.31. The minimum absolute atomic E-state index is 0.108. The second-order valence-corrected chi connectivity index (χ2v) is 6.79. The van der Waals surface area contributed by atoms with Crippen molar-refractivity contribution in [3.8, 4) is 0 Å². The highest BCUT2D eigenvalue weighted by atomic mass is 35.5. The first-order chi connectivity index (χ1) is 8.37. The molecule has 0 bridgehead atoms. The summed E-state index contributed by atoms with van der Waals surface area (Å²) in [6.07, 6.45) is 2.97. The lowest BCUT2D eigenvalue weighted by molar-refractivity contribution is -0.130. The predicted molar refractivity (Wildman–Crippen MR) is 70.6 cm³/mol. The molecule has 1 heterocycles. The van der Waals surface area contributed by atoms with Crippen LogP contribution in [0.15, 0.2) is 0 Å². The van der Waals surface area contributed by atoms with Crippen LogP contribution in [0.2, 0.25) is 0 Å². The van der Waals surface area contributed by atoms with Gasteiger partial charge in [0.1, 0.15) is 4.33 Å². The third-order valence-corrected chi connectivity index (χ3v) is 4.94. The number of carbonyl (C=O) groups excluding carboxylic acids is 2. The van der Waals surface area contributed by atoms with E-state index < -0.39 is 9.75 Å². The van der Waals surface area contributed by atoms with E-state index in [0.29, 0.717) is 19.4 Å². The molecule has 102 valence electrons. The largest absolute Gasteiger partial charge is 0.355 e. The molecular formula is C12H18Cl2N2O2. The average Bonchev–Trinajstić information content (AvgIpc) is 2.74. The minimum Gasteiger partial charge on any atom is -0.355 e. The molecular weight excluding hydrogens is 275 g/mol. The Morgan fingerprint density at radius 2 is 1.83 bits per heavy atom. The number of alkyl halides is 2. The lowest BCUT2D eigenvalue weighted by Gasteiger charge is -2.16. The molecule has 18 heavy (non-hydrogen) atoms. The van der Waals surface area contributed by atoms with E-state index in [1.54, 1.807) is 6.92 Å². The van der Waals surface area contributed by atoms with Crippen LogP contribution in [0.1, 0.15) is 32.6 Å².